The van der Waals surface area contributed by atoms with Crippen LogP contribution in [-0.4, -0.2) is 25.2 Å². The third-order valence-corrected chi connectivity index (χ3v) is 3.94. The second-order valence-corrected chi connectivity index (χ2v) is 7.36. The maximum atomic E-state index is 11.7. The number of nitrogens with one attached hydrogen (secondary N) is 1. The van der Waals surface area contributed by atoms with E-state index in [1.54, 1.807) is 6.07 Å². The lowest BCUT2D eigenvalue weighted by atomic mass is 9.92. The number of halogens is 1. The number of alkyl halides is 1. The van der Waals surface area contributed by atoms with E-state index < -0.39 is 10.0 Å². The molecule has 0 spiro atoms. The Morgan fingerprint density at radius 2 is 2.06 bits per heavy atom. The molecule has 0 aromatic carbocycles. The summed E-state index contributed by atoms with van der Waals surface area (Å²) in [6.07, 6.45) is 1.20. The molecule has 0 saturated carbocycles. The summed E-state index contributed by atoms with van der Waals surface area (Å²) < 4.78 is 30.7. The predicted octanol–water partition coefficient (Wildman–Crippen LogP) is 2.73. The molecule has 1 aromatic rings. The minimum absolute atomic E-state index is 0.0330. The molecular weight excluding hydrogens is 276 g/mol. The first kappa shape index (κ1) is 15.3. The Labute approximate surface area is 113 Å². The number of unbranched alkanes of at least 4 members (excludes halogenated alkanes) is 1. The van der Waals surface area contributed by atoms with Gasteiger partial charge >= 0.3 is 0 Å². The second-order valence-electron chi connectivity index (χ2n) is 5.14. The van der Waals surface area contributed by atoms with Crippen LogP contribution in [0.5, 0.6) is 0 Å². The molecule has 0 amide bonds. The van der Waals surface area contributed by atoms with Gasteiger partial charge in [0.05, 0.1) is 11.4 Å². The van der Waals surface area contributed by atoms with E-state index in [1.165, 1.54) is 0 Å². The van der Waals surface area contributed by atoms with Gasteiger partial charge in [0.15, 0.2) is 0 Å². The fourth-order valence-electron chi connectivity index (χ4n) is 1.27. The fraction of sp³-hybridized carbons (Fsp3) is 0.727. The maximum absolute atomic E-state index is 11.7. The third kappa shape index (κ3) is 4.86. The van der Waals surface area contributed by atoms with Crippen molar-refractivity contribution >= 4 is 27.5 Å². The Morgan fingerprint density at radius 3 is 2.56 bits per heavy atom. The van der Waals surface area contributed by atoms with Gasteiger partial charge in [0, 0.05) is 17.4 Å². The summed E-state index contributed by atoms with van der Waals surface area (Å²) in [5, 5.41) is 3.85. The van der Waals surface area contributed by atoms with E-state index in [-0.39, 0.29) is 17.1 Å². The topological polar surface area (TPSA) is 72.2 Å². The van der Waals surface area contributed by atoms with Crippen LogP contribution in [0.15, 0.2) is 10.6 Å². The summed E-state index contributed by atoms with van der Waals surface area (Å²) >= 11 is 5.50. The van der Waals surface area contributed by atoms with E-state index in [2.05, 4.69) is 9.88 Å². The summed E-state index contributed by atoms with van der Waals surface area (Å²) in [4.78, 5) is 0. The molecule has 7 heteroatoms. The van der Waals surface area contributed by atoms with Crippen LogP contribution in [0, 0.1) is 0 Å². The first-order valence-corrected chi connectivity index (χ1v) is 7.97. The molecule has 0 radical (unpaired) electrons. The second kappa shape index (κ2) is 5.93. The smallest absolute Gasteiger partial charge is 0.238 e. The number of hydrogen-bond acceptors (Lipinski definition) is 4. The van der Waals surface area contributed by atoms with Crippen molar-refractivity contribution in [3.63, 3.8) is 0 Å². The minimum Gasteiger partial charge on any atom is -0.338 e. The zero-order valence-corrected chi connectivity index (χ0v) is 12.4. The molecule has 104 valence electrons. The molecule has 0 unspecified atom stereocenters. The van der Waals surface area contributed by atoms with Crippen LogP contribution in [-0.2, 0) is 15.4 Å². The molecule has 0 aliphatic rings. The maximum Gasteiger partial charge on any atom is 0.238 e. The molecule has 5 nitrogen and oxygen atoms in total. The molecule has 1 heterocycles. The Morgan fingerprint density at radius 1 is 1.39 bits per heavy atom. The van der Waals surface area contributed by atoms with Gasteiger partial charge in [-0.2, -0.15) is 0 Å². The van der Waals surface area contributed by atoms with E-state index in [0.717, 1.165) is 0 Å². The van der Waals surface area contributed by atoms with Gasteiger partial charge in [-0.05, 0) is 12.8 Å². The number of aromatic nitrogens is 1. The number of hydrogen-bond donors (Lipinski definition) is 1. The van der Waals surface area contributed by atoms with Crippen molar-refractivity contribution in [3.05, 3.63) is 11.8 Å². The third-order valence-electron chi connectivity index (χ3n) is 2.33. The molecular formula is C11H19ClN2O3S. The van der Waals surface area contributed by atoms with Crippen LogP contribution < -0.4 is 4.72 Å². The predicted molar refractivity (Wildman–Crippen MR) is 72.6 cm³/mol. The van der Waals surface area contributed by atoms with Crippen molar-refractivity contribution in [1.29, 1.82) is 0 Å². The summed E-state index contributed by atoms with van der Waals surface area (Å²) in [6.45, 7) is 5.93. The Kier molecular flexibility index (Phi) is 5.04. The van der Waals surface area contributed by atoms with Crippen molar-refractivity contribution in [2.75, 3.05) is 16.4 Å². The van der Waals surface area contributed by atoms with Crippen LogP contribution in [0.2, 0.25) is 0 Å². The first-order valence-electron chi connectivity index (χ1n) is 5.78. The van der Waals surface area contributed by atoms with E-state index in [4.69, 9.17) is 16.1 Å². The van der Waals surface area contributed by atoms with Crippen LogP contribution in [0.4, 0.5) is 5.88 Å². The minimum atomic E-state index is -3.38. The van der Waals surface area contributed by atoms with E-state index in [1.807, 2.05) is 20.8 Å². The fourth-order valence-corrected chi connectivity index (χ4v) is 2.55. The highest BCUT2D eigenvalue weighted by Gasteiger charge is 2.20. The summed E-state index contributed by atoms with van der Waals surface area (Å²) in [6, 6.07) is 1.61. The van der Waals surface area contributed by atoms with Crippen LogP contribution in [0.25, 0.3) is 0 Å². The van der Waals surface area contributed by atoms with Gasteiger partial charge in [-0.25, -0.2) is 8.42 Å². The number of nitrogens with zero attached hydrogens (tertiary/aromatic N) is 1. The van der Waals surface area contributed by atoms with Gasteiger partial charge in [0.25, 0.3) is 0 Å². The Bertz CT molecular complexity index is 477. The standard InChI is InChI=1S/C11H19ClN2O3S/c1-11(2,3)9-8-10(17-13-9)14-18(15,16)7-5-4-6-12/h8,14H,4-7H2,1-3H3. The zero-order valence-electron chi connectivity index (χ0n) is 10.9. The van der Waals surface area contributed by atoms with E-state index >= 15 is 0 Å². The van der Waals surface area contributed by atoms with Gasteiger partial charge in [0.1, 0.15) is 0 Å². The quantitative estimate of drug-likeness (QED) is 0.647. The van der Waals surface area contributed by atoms with Gasteiger partial charge in [0.2, 0.25) is 15.9 Å². The number of sulfonamides is 1. The monoisotopic (exact) mass is 294 g/mol. The molecule has 0 aliphatic heterocycles. The summed E-state index contributed by atoms with van der Waals surface area (Å²) in [5.41, 5.74) is 0.534. The average molecular weight is 295 g/mol. The Hall–Kier alpha value is -0.750. The van der Waals surface area contributed by atoms with Gasteiger partial charge < -0.3 is 4.52 Å². The molecule has 18 heavy (non-hydrogen) atoms. The van der Waals surface area contributed by atoms with Crippen molar-refractivity contribution in [3.8, 4) is 0 Å². The van der Waals surface area contributed by atoms with Gasteiger partial charge in [-0.15, -0.1) is 11.6 Å². The molecule has 0 aliphatic carbocycles. The normalized spacial score (nSPS) is 12.7. The highest BCUT2D eigenvalue weighted by Crippen LogP contribution is 2.24. The molecule has 0 bridgehead atoms. The molecule has 1 N–H and O–H groups in total. The van der Waals surface area contributed by atoms with Crippen molar-refractivity contribution in [2.45, 2.75) is 39.0 Å². The largest absolute Gasteiger partial charge is 0.338 e. The van der Waals surface area contributed by atoms with Crippen molar-refractivity contribution < 1.29 is 12.9 Å². The van der Waals surface area contributed by atoms with E-state index in [9.17, 15) is 8.42 Å². The summed E-state index contributed by atoms with van der Waals surface area (Å²) in [7, 11) is -3.38. The molecule has 0 saturated heterocycles. The van der Waals surface area contributed by atoms with Gasteiger partial charge in [-0.3, -0.25) is 4.72 Å². The molecule has 0 fully saturated rings. The summed E-state index contributed by atoms with van der Waals surface area (Å²) in [5.74, 6) is 0.655. The molecule has 0 atom stereocenters. The Balaban J connectivity index is 2.64. The first-order chi connectivity index (χ1) is 8.24. The lowest BCUT2D eigenvalue weighted by Crippen LogP contribution is -2.16. The van der Waals surface area contributed by atoms with Crippen molar-refractivity contribution in [1.82, 2.24) is 5.16 Å². The lowest BCUT2D eigenvalue weighted by molar-refractivity contribution is 0.405. The highest BCUT2D eigenvalue weighted by molar-refractivity contribution is 7.92. The zero-order chi connectivity index (χ0) is 13.8. The number of anilines is 1. The molecule has 1 rings (SSSR count). The van der Waals surface area contributed by atoms with E-state index in [0.29, 0.717) is 24.4 Å². The van der Waals surface area contributed by atoms with Crippen LogP contribution >= 0.6 is 11.6 Å². The van der Waals surface area contributed by atoms with Gasteiger partial charge in [-0.1, -0.05) is 25.9 Å². The van der Waals surface area contributed by atoms with Crippen LogP contribution in [0.1, 0.15) is 39.3 Å². The van der Waals surface area contributed by atoms with Crippen LogP contribution in [0.3, 0.4) is 0 Å². The lowest BCUT2D eigenvalue weighted by Gasteiger charge is -2.12. The molecule has 1 aromatic heterocycles. The average Bonchev–Trinajstić information content (AvgIpc) is 2.65. The van der Waals surface area contributed by atoms with Crippen molar-refractivity contribution in [2.24, 2.45) is 0 Å². The highest BCUT2D eigenvalue weighted by atomic mass is 35.5. The number of rotatable bonds is 6. The SMILES string of the molecule is CC(C)(C)c1cc(NS(=O)(=O)CCCCCl)on1.